The predicted octanol–water partition coefficient (Wildman–Crippen LogP) is 3.37. The van der Waals surface area contributed by atoms with Gasteiger partial charge in [0, 0.05) is 7.11 Å². The van der Waals surface area contributed by atoms with Gasteiger partial charge in [-0.2, -0.15) is 13.2 Å². The van der Waals surface area contributed by atoms with Gasteiger partial charge in [-0.15, -0.1) is 0 Å². The first-order chi connectivity index (χ1) is 7.04. The first-order valence-corrected chi connectivity index (χ1v) is 4.37. The normalized spacial score (nSPS) is 12.3. The highest BCUT2D eigenvalue weighted by Gasteiger charge is 2.30. The van der Waals surface area contributed by atoms with Gasteiger partial charge in [-0.1, -0.05) is 24.3 Å². The molecule has 0 spiro atoms. The van der Waals surface area contributed by atoms with Gasteiger partial charge < -0.3 is 4.74 Å². The van der Waals surface area contributed by atoms with Crippen LogP contribution in [0, 0.1) is 0 Å². The van der Waals surface area contributed by atoms with Gasteiger partial charge in [0.2, 0.25) is 0 Å². The number of alkyl halides is 3. The molecule has 0 heterocycles. The number of hydrogen-bond donors (Lipinski definition) is 0. The van der Waals surface area contributed by atoms with Crippen molar-refractivity contribution in [2.24, 2.45) is 0 Å². The predicted molar refractivity (Wildman–Crippen MR) is 52.4 cm³/mol. The molecule has 0 aliphatic heterocycles. The van der Waals surface area contributed by atoms with Crippen LogP contribution in [0.5, 0.6) is 0 Å². The Labute approximate surface area is 86.2 Å². The lowest BCUT2D eigenvalue weighted by atomic mass is 10.1. The fourth-order valence-corrected chi connectivity index (χ4v) is 1.10. The number of methoxy groups -OCH3 is 1. The third kappa shape index (κ3) is 3.75. The van der Waals surface area contributed by atoms with E-state index < -0.39 is 11.7 Å². The summed E-state index contributed by atoms with van der Waals surface area (Å²) in [4.78, 5) is 0. The number of ether oxygens (including phenoxy) is 1. The highest BCUT2D eigenvalue weighted by molar-refractivity contribution is 5.50. The highest BCUT2D eigenvalue weighted by atomic mass is 19.4. The molecule has 0 saturated heterocycles. The Balaban J connectivity index is 2.84. The summed E-state index contributed by atoms with van der Waals surface area (Å²) >= 11 is 0. The van der Waals surface area contributed by atoms with E-state index in [2.05, 4.69) is 0 Å². The summed E-state index contributed by atoms with van der Waals surface area (Å²) in [6, 6.07) is 5.15. The van der Waals surface area contributed by atoms with Crippen LogP contribution in [0.2, 0.25) is 0 Å². The molecule has 0 aromatic heterocycles. The lowest BCUT2D eigenvalue weighted by Gasteiger charge is -2.06. The van der Waals surface area contributed by atoms with Gasteiger partial charge in [-0.25, -0.2) is 0 Å². The molecule has 1 aromatic carbocycles. The fraction of sp³-hybridized carbons (Fsp3) is 0.273. The first-order valence-electron chi connectivity index (χ1n) is 4.37. The van der Waals surface area contributed by atoms with Crippen molar-refractivity contribution in [2.75, 3.05) is 13.7 Å². The Morgan fingerprint density at radius 1 is 1.33 bits per heavy atom. The zero-order valence-electron chi connectivity index (χ0n) is 8.21. The average Bonchev–Trinajstić information content (AvgIpc) is 2.17. The second-order valence-electron chi connectivity index (χ2n) is 2.98. The minimum atomic E-state index is -4.29. The van der Waals surface area contributed by atoms with E-state index in [1.54, 1.807) is 18.2 Å². The molecule has 1 aromatic rings. The summed E-state index contributed by atoms with van der Waals surface area (Å²) in [6.45, 7) is 0.385. The SMILES string of the molecule is COCC=Cc1cccc(C(F)(F)F)c1. The Morgan fingerprint density at radius 3 is 2.67 bits per heavy atom. The first kappa shape index (κ1) is 11.8. The van der Waals surface area contributed by atoms with Gasteiger partial charge in [-0.3, -0.25) is 0 Å². The monoisotopic (exact) mass is 216 g/mol. The Hall–Kier alpha value is -1.29. The minimum absolute atomic E-state index is 0.385. The minimum Gasteiger partial charge on any atom is -0.381 e. The van der Waals surface area contributed by atoms with Crippen LogP contribution < -0.4 is 0 Å². The van der Waals surface area contributed by atoms with Crippen molar-refractivity contribution in [2.45, 2.75) is 6.18 Å². The second kappa shape index (κ2) is 4.98. The molecular formula is C11H11F3O. The van der Waals surface area contributed by atoms with Gasteiger partial charge in [0.05, 0.1) is 12.2 Å². The van der Waals surface area contributed by atoms with Gasteiger partial charge in [0.25, 0.3) is 0 Å². The quantitative estimate of drug-likeness (QED) is 0.752. The van der Waals surface area contributed by atoms with E-state index in [0.29, 0.717) is 12.2 Å². The molecule has 0 bridgehead atoms. The van der Waals surface area contributed by atoms with Crippen molar-refractivity contribution in [3.8, 4) is 0 Å². The zero-order valence-corrected chi connectivity index (χ0v) is 8.21. The number of rotatable bonds is 3. The van der Waals surface area contributed by atoms with E-state index in [1.807, 2.05) is 0 Å². The van der Waals surface area contributed by atoms with E-state index in [0.717, 1.165) is 12.1 Å². The maximum atomic E-state index is 12.3. The standard InChI is InChI=1S/C11H11F3O/c1-15-7-3-5-9-4-2-6-10(8-9)11(12,13)14/h2-6,8H,7H2,1H3. The van der Waals surface area contributed by atoms with Crippen molar-refractivity contribution < 1.29 is 17.9 Å². The van der Waals surface area contributed by atoms with Crippen LogP contribution in [0.4, 0.5) is 13.2 Å². The van der Waals surface area contributed by atoms with E-state index in [-0.39, 0.29) is 0 Å². The van der Waals surface area contributed by atoms with Crippen LogP contribution in [0.15, 0.2) is 30.3 Å². The lowest BCUT2D eigenvalue weighted by molar-refractivity contribution is -0.137. The molecule has 0 atom stereocenters. The van der Waals surface area contributed by atoms with Crippen molar-refractivity contribution in [1.82, 2.24) is 0 Å². The lowest BCUT2D eigenvalue weighted by Crippen LogP contribution is -2.04. The maximum Gasteiger partial charge on any atom is 0.416 e. The average molecular weight is 216 g/mol. The summed E-state index contributed by atoms with van der Waals surface area (Å²) in [5.41, 5.74) is -0.121. The zero-order chi connectivity index (χ0) is 11.3. The van der Waals surface area contributed by atoms with Crippen molar-refractivity contribution >= 4 is 6.08 Å². The smallest absolute Gasteiger partial charge is 0.381 e. The third-order valence-electron chi connectivity index (χ3n) is 1.79. The molecule has 0 aliphatic carbocycles. The van der Waals surface area contributed by atoms with Crippen molar-refractivity contribution in [3.05, 3.63) is 41.5 Å². The molecule has 0 aliphatic rings. The van der Waals surface area contributed by atoms with Gasteiger partial charge >= 0.3 is 6.18 Å². The Bertz CT molecular complexity index is 342. The van der Waals surface area contributed by atoms with Crippen LogP contribution in [-0.2, 0) is 10.9 Å². The maximum absolute atomic E-state index is 12.3. The molecule has 4 heteroatoms. The van der Waals surface area contributed by atoms with Crippen molar-refractivity contribution in [3.63, 3.8) is 0 Å². The number of hydrogen-bond acceptors (Lipinski definition) is 1. The highest BCUT2D eigenvalue weighted by Crippen LogP contribution is 2.29. The van der Waals surface area contributed by atoms with Crippen LogP contribution >= 0.6 is 0 Å². The van der Waals surface area contributed by atoms with Gasteiger partial charge in [0.15, 0.2) is 0 Å². The summed E-state index contributed by atoms with van der Waals surface area (Å²) < 4.78 is 41.7. The Morgan fingerprint density at radius 2 is 2.07 bits per heavy atom. The fourth-order valence-electron chi connectivity index (χ4n) is 1.10. The van der Waals surface area contributed by atoms with Gasteiger partial charge in [0.1, 0.15) is 0 Å². The van der Waals surface area contributed by atoms with E-state index in [4.69, 9.17) is 4.74 Å². The molecule has 1 nitrogen and oxygen atoms in total. The molecule has 0 fully saturated rings. The molecule has 0 N–H and O–H groups in total. The number of halogens is 3. The van der Waals surface area contributed by atoms with Crippen molar-refractivity contribution in [1.29, 1.82) is 0 Å². The Kier molecular flexibility index (Phi) is 3.91. The van der Waals surface area contributed by atoms with Crippen LogP contribution in [0.3, 0.4) is 0 Å². The second-order valence-corrected chi connectivity index (χ2v) is 2.98. The largest absolute Gasteiger partial charge is 0.416 e. The topological polar surface area (TPSA) is 9.23 Å². The summed E-state index contributed by atoms with van der Waals surface area (Å²) in [5, 5.41) is 0. The van der Waals surface area contributed by atoms with Gasteiger partial charge in [-0.05, 0) is 17.7 Å². The van der Waals surface area contributed by atoms with Crippen LogP contribution in [0.1, 0.15) is 11.1 Å². The van der Waals surface area contributed by atoms with E-state index >= 15 is 0 Å². The molecule has 0 unspecified atom stereocenters. The molecule has 0 saturated carbocycles. The molecule has 15 heavy (non-hydrogen) atoms. The molecule has 0 amide bonds. The van der Waals surface area contributed by atoms with E-state index in [9.17, 15) is 13.2 Å². The van der Waals surface area contributed by atoms with Crippen LogP contribution in [-0.4, -0.2) is 13.7 Å². The molecule has 82 valence electrons. The van der Waals surface area contributed by atoms with E-state index in [1.165, 1.54) is 13.2 Å². The molecular weight excluding hydrogens is 205 g/mol. The third-order valence-corrected chi connectivity index (χ3v) is 1.79. The summed E-state index contributed by atoms with van der Waals surface area (Å²) in [7, 11) is 1.52. The van der Waals surface area contributed by atoms with Crippen LogP contribution in [0.25, 0.3) is 6.08 Å². The molecule has 1 rings (SSSR count). The summed E-state index contributed by atoms with van der Waals surface area (Å²) in [6.07, 6.45) is -1.03. The number of benzene rings is 1. The summed E-state index contributed by atoms with van der Waals surface area (Å²) in [5.74, 6) is 0. The molecule has 0 radical (unpaired) electrons.